The molecule has 0 aromatic heterocycles. The molecule has 3 amide bonds. The molecule has 1 saturated heterocycles. The number of imide groups is 1. The molecule has 0 aliphatic carbocycles. The number of hydrogen-bond acceptors (Lipinski definition) is 5. The van der Waals surface area contributed by atoms with E-state index >= 15 is 0 Å². The number of anilines is 2. The molecule has 3 aromatic rings. The lowest BCUT2D eigenvalue weighted by Gasteiger charge is -2.18. The third-order valence-electron chi connectivity index (χ3n) is 6.05. The molecule has 2 aliphatic rings. The molecule has 1 fully saturated rings. The Morgan fingerprint density at radius 1 is 1.00 bits per heavy atom. The Morgan fingerprint density at radius 3 is 2.51 bits per heavy atom. The van der Waals surface area contributed by atoms with Gasteiger partial charge >= 0.3 is 5.97 Å². The predicted octanol–water partition coefficient (Wildman–Crippen LogP) is 5.17. The first-order valence-corrected chi connectivity index (χ1v) is 12.0. The van der Waals surface area contributed by atoms with Gasteiger partial charge in [-0.2, -0.15) is 0 Å². The lowest BCUT2D eigenvalue weighted by Crippen LogP contribution is -2.30. The fourth-order valence-corrected chi connectivity index (χ4v) is 4.88. The molecule has 35 heavy (non-hydrogen) atoms. The topological polar surface area (TPSA) is 84.0 Å². The number of carbonyl (C=O) groups excluding carboxylic acids is 4. The zero-order valence-electron chi connectivity index (χ0n) is 18.5. The summed E-state index contributed by atoms with van der Waals surface area (Å²) in [5.74, 6) is -1.89. The number of fused-ring (bicyclic) bond motifs is 1. The van der Waals surface area contributed by atoms with E-state index in [0.29, 0.717) is 37.6 Å². The maximum absolute atomic E-state index is 12.9. The Bertz CT molecular complexity index is 1420. The summed E-state index contributed by atoms with van der Waals surface area (Å²) in [6.07, 6.45) is 0.0347. The van der Waals surface area contributed by atoms with Gasteiger partial charge < -0.3 is 9.64 Å². The van der Waals surface area contributed by atoms with Crippen molar-refractivity contribution in [3.63, 3.8) is 0 Å². The minimum atomic E-state index is -0.629. The molecule has 2 aliphatic heterocycles. The molecule has 5 rings (SSSR count). The van der Waals surface area contributed by atoms with Crippen LogP contribution < -0.4 is 14.5 Å². The van der Waals surface area contributed by atoms with E-state index in [1.54, 1.807) is 61.5 Å². The van der Waals surface area contributed by atoms with E-state index in [9.17, 15) is 19.2 Å². The van der Waals surface area contributed by atoms with Crippen LogP contribution in [0.5, 0.6) is 5.75 Å². The summed E-state index contributed by atoms with van der Waals surface area (Å²) in [6.45, 7) is 1.92. The summed E-state index contributed by atoms with van der Waals surface area (Å²) in [5.41, 5.74) is 2.30. The maximum atomic E-state index is 12.9. The van der Waals surface area contributed by atoms with Gasteiger partial charge in [-0.3, -0.25) is 19.2 Å². The molecular formula is C26H18BrClN2O5. The molecule has 1 atom stereocenters. The van der Waals surface area contributed by atoms with Crippen molar-refractivity contribution < 1.29 is 23.9 Å². The van der Waals surface area contributed by atoms with Gasteiger partial charge in [0, 0.05) is 28.1 Å². The van der Waals surface area contributed by atoms with E-state index in [2.05, 4.69) is 15.9 Å². The molecule has 0 spiro atoms. The predicted molar refractivity (Wildman–Crippen MR) is 134 cm³/mol. The molecular weight excluding hydrogens is 536 g/mol. The van der Waals surface area contributed by atoms with E-state index in [1.807, 2.05) is 0 Å². The van der Waals surface area contributed by atoms with Crippen molar-refractivity contribution in [1.82, 2.24) is 0 Å². The van der Waals surface area contributed by atoms with Crippen LogP contribution in [0.2, 0.25) is 5.02 Å². The van der Waals surface area contributed by atoms with Gasteiger partial charge in [-0.25, -0.2) is 4.90 Å². The maximum Gasteiger partial charge on any atom is 0.316 e. The molecule has 0 N–H and O–H groups in total. The van der Waals surface area contributed by atoms with Crippen molar-refractivity contribution in [1.29, 1.82) is 0 Å². The Hall–Kier alpha value is -3.49. The molecule has 9 heteroatoms. The van der Waals surface area contributed by atoms with Gasteiger partial charge in [-0.1, -0.05) is 33.6 Å². The summed E-state index contributed by atoms with van der Waals surface area (Å²) >= 11 is 9.35. The van der Waals surface area contributed by atoms with Crippen LogP contribution >= 0.6 is 27.5 Å². The lowest BCUT2D eigenvalue weighted by atomic mass is 10.1. The van der Waals surface area contributed by atoms with Crippen LogP contribution in [0.25, 0.3) is 0 Å². The number of ether oxygens (including phenoxy) is 1. The zero-order valence-corrected chi connectivity index (χ0v) is 20.8. The number of amides is 3. The van der Waals surface area contributed by atoms with E-state index in [-0.39, 0.29) is 24.6 Å². The summed E-state index contributed by atoms with van der Waals surface area (Å²) < 4.78 is 6.25. The average Bonchev–Trinajstić information content (AvgIpc) is 3.32. The highest BCUT2D eigenvalue weighted by molar-refractivity contribution is 9.10. The number of esters is 1. The third kappa shape index (κ3) is 4.24. The summed E-state index contributed by atoms with van der Waals surface area (Å²) in [4.78, 5) is 53.7. The fraction of sp³-hybridized carbons (Fsp3) is 0.154. The monoisotopic (exact) mass is 552 g/mol. The number of rotatable bonds is 4. The van der Waals surface area contributed by atoms with Crippen LogP contribution in [0.15, 0.2) is 65.1 Å². The number of halogens is 2. The van der Waals surface area contributed by atoms with Crippen LogP contribution in [0.3, 0.4) is 0 Å². The van der Waals surface area contributed by atoms with Crippen molar-refractivity contribution in [2.75, 3.05) is 16.3 Å². The van der Waals surface area contributed by atoms with Gasteiger partial charge in [-0.05, 0) is 67.1 Å². The Labute approximate surface area is 214 Å². The normalized spacial score (nSPS) is 17.2. The van der Waals surface area contributed by atoms with Gasteiger partial charge in [0.15, 0.2) is 0 Å². The molecule has 0 radical (unpaired) electrons. The quantitative estimate of drug-likeness (QED) is 0.253. The smallest absolute Gasteiger partial charge is 0.316 e. The van der Waals surface area contributed by atoms with Crippen molar-refractivity contribution in [3.05, 3.63) is 86.8 Å². The summed E-state index contributed by atoms with van der Waals surface area (Å²) in [5, 5.41) is 0.502. The highest BCUT2D eigenvalue weighted by Crippen LogP contribution is 2.34. The second-order valence-corrected chi connectivity index (χ2v) is 9.74. The van der Waals surface area contributed by atoms with Crippen LogP contribution in [-0.4, -0.2) is 30.2 Å². The SMILES string of the molecule is Cc1cc(OC(=O)[C@@H]2CC(=O)N(c3cccc(Cl)c3)C2)ccc1N1C(=O)c2ccc(Br)cc2C1=O. The van der Waals surface area contributed by atoms with Crippen LogP contribution in [0, 0.1) is 12.8 Å². The van der Waals surface area contributed by atoms with E-state index in [0.717, 1.165) is 4.90 Å². The van der Waals surface area contributed by atoms with Crippen molar-refractivity contribution >= 4 is 62.6 Å². The first-order valence-electron chi connectivity index (χ1n) is 10.8. The molecule has 0 unspecified atom stereocenters. The molecule has 7 nitrogen and oxygen atoms in total. The fourth-order valence-electron chi connectivity index (χ4n) is 4.33. The van der Waals surface area contributed by atoms with Gasteiger partial charge in [0.1, 0.15) is 5.75 Å². The average molecular weight is 554 g/mol. The van der Waals surface area contributed by atoms with E-state index in [4.69, 9.17) is 16.3 Å². The van der Waals surface area contributed by atoms with Crippen molar-refractivity contribution in [2.24, 2.45) is 5.92 Å². The highest BCUT2D eigenvalue weighted by Gasteiger charge is 2.38. The van der Waals surface area contributed by atoms with Crippen LogP contribution in [0.4, 0.5) is 11.4 Å². The number of aryl methyl sites for hydroxylation is 1. The van der Waals surface area contributed by atoms with Crippen molar-refractivity contribution in [2.45, 2.75) is 13.3 Å². The Morgan fingerprint density at radius 2 is 1.77 bits per heavy atom. The summed E-state index contributed by atoms with van der Waals surface area (Å²) in [6, 6.07) is 16.5. The van der Waals surface area contributed by atoms with Gasteiger partial charge in [0.25, 0.3) is 11.8 Å². The number of carbonyl (C=O) groups is 4. The summed E-state index contributed by atoms with van der Waals surface area (Å²) in [7, 11) is 0. The Balaban J connectivity index is 1.31. The first kappa shape index (κ1) is 23.3. The lowest BCUT2D eigenvalue weighted by molar-refractivity contribution is -0.139. The van der Waals surface area contributed by atoms with Gasteiger partial charge in [0.2, 0.25) is 5.91 Å². The van der Waals surface area contributed by atoms with Crippen LogP contribution in [-0.2, 0) is 9.59 Å². The molecule has 0 bridgehead atoms. The van der Waals surface area contributed by atoms with Crippen molar-refractivity contribution in [3.8, 4) is 5.75 Å². The molecule has 0 saturated carbocycles. The Kier molecular flexibility index (Phi) is 5.94. The second-order valence-electron chi connectivity index (χ2n) is 8.39. The third-order valence-corrected chi connectivity index (χ3v) is 6.78. The number of hydrogen-bond donors (Lipinski definition) is 0. The van der Waals surface area contributed by atoms with Gasteiger partial charge in [0.05, 0.1) is 22.7 Å². The molecule has 176 valence electrons. The molecule has 2 heterocycles. The van der Waals surface area contributed by atoms with Crippen LogP contribution in [0.1, 0.15) is 32.7 Å². The standard InChI is InChI=1S/C26H18BrClN2O5/c1-14-9-19(6-8-22(14)30-24(32)20-7-5-16(27)11-21(20)25(30)33)35-26(34)15-10-23(31)29(13-15)18-4-2-3-17(28)12-18/h2-9,11-12,15H,10,13H2,1H3/t15-/m1/s1. The second kappa shape index (κ2) is 8.94. The minimum Gasteiger partial charge on any atom is -0.426 e. The zero-order chi connectivity index (χ0) is 24.9. The number of benzene rings is 3. The highest BCUT2D eigenvalue weighted by atomic mass is 79.9. The first-order chi connectivity index (χ1) is 16.7. The molecule has 3 aromatic carbocycles. The van der Waals surface area contributed by atoms with E-state index in [1.165, 1.54) is 11.0 Å². The minimum absolute atomic E-state index is 0.0347. The van der Waals surface area contributed by atoms with Gasteiger partial charge in [-0.15, -0.1) is 0 Å². The number of nitrogens with zero attached hydrogens (tertiary/aromatic N) is 2. The van der Waals surface area contributed by atoms with E-state index < -0.39 is 23.7 Å². The largest absolute Gasteiger partial charge is 0.426 e.